The van der Waals surface area contributed by atoms with Gasteiger partial charge in [-0.2, -0.15) is 0 Å². The molecule has 1 N–H and O–H groups in total. The molecule has 0 saturated carbocycles. The van der Waals surface area contributed by atoms with E-state index < -0.39 is 0 Å². The summed E-state index contributed by atoms with van der Waals surface area (Å²) < 4.78 is 0. The summed E-state index contributed by atoms with van der Waals surface area (Å²) in [6, 6.07) is 0. The van der Waals surface area contributed by atoms with Gasteiger partial charge in [-0.25, -0.2) is 0 Å². The van der Waals surface area contributed by atoms with Crippen molar-refractivity contribution in [1.82, 2.24) is 10.2 Å². The van der Waals surface area contributed by atoms with E-state index in [1.165, 1.54) is 6.08 Å². The lowest BCUT2D eigenvalue weighted by molar-refractivity contribution is -0.125. The molecule has 0 aromatic rings. The minimum atomic E-state index is -0.0231. The van der Waals surface area contributed by atoms with E-state index in [2.05, 4.69) is 11.9 Å². The lowest BCUT2D eigenvalue weighted by Crippen LogP contribution is -2.29. The zero-order valence-electron chi connectivity index (χ0n) is 5.42. The molecule has 1 fully saturated rings. The molecule has 0 aliphatic carbocycles. The van der Waals surface area contributed by atoms with Gasteiger partial charge in [0.2, 0.25) is 5.91 Å². The van der Waals surface area contributed by atoms with Crippen LogP contribution in [0.15, 0.2) is 12.7 Å². The minimum absolute atomic E-state index is 0.0231. The molecule has 1 atom stereocenters. The summed E-state index contributed by atoms with van der Waals surface area (Å²) in [5, 5.41) is 3.01. The van der Waals surface area contributed by atoms with Crippen molar-refractivity contribution in [2.75, 3.05) is 13.6 Å². The van der Waals surface area contributed by atoms with Gasteiger partial charge in [0.05, 0.1) is 6.17 Å². The minimum Gasteiger partial charge on any atom is -0.325 e. The van der Waals surface area contributed by atoms with Crippen LogP contribution in [0.4, 0.5) is 0 Å². The van der Waals surface area contributed by atoms with Crippen LogP contribution in [-0.2, 0) is 4.79 Å². The Kier molecular flexibility index (Phi) is 1.53. The summed E-state index contributed by atoms with van der Waals surface area (Å²) in [4.78, 5) is 12.4. The third kappa shape index (κ3) is 1.29. The molecule has 1 rings (SSSR count). The van der Waals surface area contributed by atoms with Crippen LogP contribution < -0.4 is 5.32 Å². The number of amides is 1. The Morgan fingerprint density at radius 3 is 2.89 bits per heavy atom. The van der Waals surface area contributed by atoms with Gasteiger partial charge in [-0.05, 0) is 6.08 Å². The second-order valence-corrected chi connectivity index (χ2v) is 2.08. The predicted molar refractivity (Wildman–Crippen MR) is 34.8 cm³/mol. The van der Waals surface area contributed by atoms with Gasteiger partial charge in [0.25, 0.3) is 0 Å². The van der Waals surface area contributed by atoms with Crippen LogP contribution in [0, 0.1) is 0 Å². The maximum atomic E-state index is 10.8. The van der Waals surface area contributed by atoms with Gasteiger partial charge in [0.1, 0.15) is 0 Å². The number of carbonyl (C=O) groups is 1. The van der Waals surface area contributed by atoms with Crippen LogP contribution in [0.25, 0.3) is 0 Å². The highest BCUT2D eigenvalue weighted by molar-refractivity contribution is 5.87. The molecule has 3 heteroatoms. The Morgan fingerprint density at radius 1 is 2.00 bits per heavy atom. The van der Waals surface area contributed by atoms with E-state index in [4.69, 9.17) is 0 Å². The van der Waals surface area contributed by atoms with E-state index in [1.54, 1.807) is 11.9 Å². The largest absolute Gasteiger partial charge is 0.325 e. The quantitative estimate of drug-likeness (QED) is 0.402. The first-order chi connectivity index (χ1) is 4.25. The van der Waals surface area contributed by atoms with E-state index >= 15 is 0 Å². The van der Waals surface area contributed by atoms with Crippen molar-refractivity contribution < 1.29 is 4.79 Å². The van der Waals surface area contributed by atoms with Gasteiger partial charge in [-0.1, -0.05) is 6.58 Å². The summed E-state index contributed by atoms with van der Waals surface area (Å²) in [7, 11) is 1.76. The predicted octanol–water partition coefficient (Wildman–Crippen LogP) is -0.440. The smallest absolute Gasteiger partial charge is 0.246 e. The average molecular weight is 126 g/mol. The molecule has 1 unspecified atom stereocenters. The second-order valence-electron chi connectivity index (χ2n) is 2.08. The van der Waals surface area contributed by atoms with Crippen molar-refractivity contribution >= 4 is 5.91 Å². The van der Waals surface area contributed by atoms with Crippen molar-refractivity contribution in [3.8, 4) is 0 Å². The van der Waals surface area contributed by atoms with E-state index in [9.17, 15) is 4.79 Å². The summed E-state index contributed by atoms with van der Waals surface area (Å²) in [5.74, 6) is -0.0231. The standard InChI is InChI=1S/C6H10N2O/c1-3-6(9)8(2)5-4-7-5/h3,5,7H,1,4H2,2H3. The van der Waals surface area contributed by atoms with Crippen LogP contribution in [0.2, 0.25) is 0 Å². The molecule has 0 aromatic heterocycles. The number of nitrogens with zero attached hydrogens (tertiary/aromatic N) is 1. The number of nitrogens with one attached hydrogen (secondary N) is 1. The van der Waals surface area contributed by atoms with Gasteiger partial charge in [0.15, 0.2) is 0 Å². The molecule has 1 aliphatic rings. The van der Waals surface area contributed by atoms with Crippen molar-refractivity contribution in [2.45, 2.75) is 6.17 Å². The summed E-state index contributed by atoms with van der Waals surface area (Å²) in [6.45, 7) is 4.29. The highest BCUT2D eigenvalue weighted by Crippen LogP contribution is 2.02. The third-order valence-corrected chi connectivity index (χ3v) is 1.38. The van der Waals surface area contributed by atoms with Crippen molar-refractivity contribution in [3.05, 3.63) is 12.7 Å². The highest BCUT2D eigenvalue weighted by Gasteiger charge is 2.26. The molecule has 0 aromatic carbocycles. The highest BCUT2D eigenvalue weighted by atomic mass is 16.2. The fraction of sp³-hybridized carbons (Fsp3) is 0.500. The Bertz CT molecular complexity index is 140. The van der Waals surface area contributed by atoms with Gasteiger partial charge in [0, 0.05) is 13.6 Å². The summed E-state index contributed by atoms with van der Waals surface area (Å²) >= 11 is 0. The zero-order chi connectivity index (χ0) is 6.85. The van der Waals surface area contributed by atoms with Gasteiger partial charge in [-0.15, -0.1) is 0 Å². The van der Waals surface area contributed by atoms with E-state index in [-0.39, 0.29) is 12.1 Å². The molecule has 1 heterocycles. The first kappa shape index (κ1) is 6.29. The number of rotatable bonds is 2. The first-order valence-corrected chi connectivity index (χ1v) is 2.88. The molecule has 1 aliphatic heterocycles. The third-order valence-electron chi connectivity index (χ3n) is 1.38. The van der Waals surface area contributed by atoms with Crippen molar-refractivity contribution in [3.63, 3.8) is 0 Å². The molecule has 9 heavy (non-hydrogen) atoms. The molecular formula is C6H10N2O. The Hall–Kier alpha value is -0.830. The monoisotopic (exact) mass is 126 g/mol. The Balaban J connectivity index is 2.39. The zero-order valence-corrected chi connectivity index (χ0v) is 5.42. The van der Waals surface area contributed by atoms with Crippen LogP contribution in [-0.4, -0.2) is 30.6 Å². The number of carbonyl (C=O) groups excluding carboxylic acids is 1. The molecule has 1 amide bonds. The lowest BCUT2D eigenvalue weighted by atomic mass is 10.5. The fourth-order valence-corrected chi connectivity index (χ4v) is 0.624. The molecular weight excluding hydrogens is 116 g/mol. The number of hydrogen-bond donors (Lipinski definition) is 1. The van der Waals surface area contributed by atoms with Gasteiger partial charge < -0.3 is 4.90 Å². The van der Waals surface area contributed by atoms with E-state index in [0.717, 1.165) is 6.54 Å². The number of hydrogen-bond acceptors (Lipinski definition) is 2. The van der Waals surface area contributed by atoms with Crippen molar-refractivity contribution in [2.24, 2.45) is 0 Å². The molecule has 0 bridgehead atoms. The Labute approximate surface area is 54.3 Å². The number of likely N-dealkylation sites (N-methyl/N-ethyl adjacent to an activating group) is 1. The fourth-order valence-electron chi connectivity index (χ4n) is 0.624. The molecule has 0 radical (unpaired) electrons. The molecule has 0 spiro atoms. The molecule has 1 saturated heterocycles. The van der Waals surface area contributed by atoms with Gasteiger partial charge >= 0.3 is 0 Å². The summed E-state index contributed by atoms with van der Waals surface area (Å²) in [6.07, 6.45) is 1.58. The molecule has 50 valence electrons. The molecule has 3 nitrogen and oxygen atoms in total. The second kappa shape index (κ2) is 2.19. The topological polar surface area (TPSA) is 42.2 Å². The van der Waals surface area contributed by atoms with Crippen LogP contribution >= 0.6 is 0 Å². The summed E-state index contributed by atoms with van der Waals surface area (Å²) in [5.41, 5.74) is 0. The van der Waals surface area contributed by atoms with Crippen LogP contribution in [0.3, 0.4) is 0 Å². The van der Waals surface area contributed by atoms with E-state index in [0.29, 0.717) is 0 Å². The van der Waals surface area contributed by atoms with E-state index in [1.807, 2.05) is 0 Å². The van der Waals surface area contributed by atoms with Crippen LogP contribution in [0.5, 0.6) is 0 Å². The van der Waals surface area contributed by atoms with Crippen LogP contribution in [0.1, 0.15) is 0 Å². The maximum Gasteiger partial charge on any atom is 0.246 e. The Morgan fingerprint density at radius 2 is 2.56 bits per heavy atom. The first-order valence-electron chi connectivity index (χ1n) is 2.88. The maximum absolute atomic E-state index is 10.8. The average Bonchev–Trinajstić information content (AvgIpc) is 2.66. The lowest BCUT2D eigenvalue weighted by Gasteiger charge is -2.10. The SMILES string of the molecule is C=CC(=O)N(C)C1CN1. The normalized spacial score (nSPS) is 23.0. The van der Waals surface area contributed by atoms with Crippen molar-refractivity contribution in [1.29, 1.82) is 0 Å². The van der Waals surface area contributed by atoms with Gasteiger partial charge in [-0.3, -0.25) is 10.1 Å².